The summed E-state index contributed by atoms with van der Waals surface area (Å²) in [5.74, 6) is 1.15. The molecule has 1 N–H and O–H groups in total. The molecule has 1 unspecified atom stereocenters. The monoisotopic (exact) mass is 245 g/mol. The van der Waals surface area contributed by atoms with Gasteiger partial charge in [0.2, 0.25) is 0 Å². The van der Waals surface area contributed by atoms with Gasteiger partial charge >= 0.3 is 0 Å². The molecule has 1 aliphatic heterocycles. The third kappa shape index (κ3) is 1.83. The first-order valence-electron chi connectivity index (χ1n) is 7.11. The van der Waals surface area contributed by atoms with E-state index in [1.807, 2.05) is 0 Å². The highest BCUT2D eigenvalue weighted by Gasteiger charge is 2.43. The van der Waals surface area contributed by atoms with E-state index in [0.717, 1.165) is 12.2 Å². The van der Waals surface area contributed by atoms with E-state index in [4.69, 9.17) is 4.74 Å². The topological polar surface area (TPSA) is 21.3 Å². The molecule has 1 heterocycles. The Balaban J connectivity index is 2.06. The Morgan fingerprint density at radius 2 is 1.94 bits per heavy atom. The first-order chi connectivity index (χ1) is 8.63. The number of ether oxygens (including phenoxy) is 1. The van der Waals surface area contributed by atoms with E-state index < -0.39 is 0 Å². The van der Waals surface area contributed by atoms with Crippen LogP contribution in [0.15, 0.2) is 12.1 Å². The molecule has 1 aromatic carbocycles. The largest absolute Gasteiger partial charge is 0.487 e. The molecule has 2 heteroatoms. The minimum atomic E-state index is 0.112. The molecule has 1 saturated carbocycles. The van der Waals surface area contributed by atoms with Crippen LogP contribution >= 0.6 is 0 Å². The van der Waals surface area contributed by atoms with Crippen molar-refractivity contribution in [1.29, 1.82) is 0 Å². The normalized spacial score (nSPS) is 24.9. The highest BCUT2D eigenvalue weighted by molar-refractivity contribution is 5.47. The van der Waals surface area contributed by atoms with Crippen molar-refractivity contribution in [3.05, 3.63) is 28.8 Å². The number of aryl methyl sites for hydroxylation is 2. The smallest absolute Gasteiger partial charge is 0.127 e. The van der Waals surface area contributed by atoms with Gasteiger partial charge in [0, 0.05) is 18.0 Å². The van der Waals surface area contributed by atoms with Gasteiger partial charge in [-0.2, -0.15) is 0 Å². The number of hydrogen-bond donors (Lipinski definition) is 1. The second-order valence-corrected chi connectivity index (χ2v) is 6.04. The third-order valence-electron chi connectivity index (χ3n) is 4.58. The maximum atomic E-state index is 6.46. The molecule has 18 heavy (non-hydrogen) atoms. The maximum absolute atomic E-state index is 6.46. The van der Waals surface area contributed by atoms with Gasteiger partial charge in [0.05, 0.1) is 0 Å². The SMILES string of the molecule is CNC1CC2(CCCC2)Oc2c(C)cc(C)cc21. The molecule has 1 spiro atoms. The molecule has 0 radical (unpaired) electrons. The van der Waals surface area contributed by atoms with Gasteiger partial charge in [0.25, 0.3) is 0 Å². The molecule has 0 saturated heterocycles. The van der Waals surface area contributed by atoms with Crippen LogP contribution in [-0.4, -0.2) is 12.6 Å². The summed E-state index contributed by atoms with van der Waals surface area (Å²) >= 11 is 0. The van der Waals surface area contributed by atoms with Crippen LogP contribution in [0.3, 0.4) is 0 Å². The lowest BCUT2D eigenvalue weighted by molar-refractivity contribution is 0.0371. The molecule has 98 valence electrons. The van der Waals surface area contributed by atoms with E-state index >= 15 is 0 Å². The van der Waals surface area contributed by atoms with Crippen LogP contribution in [0.4, 0.5) is 0 Å². The summed E-state index contributed by atoms with van der Waals surface area (Å²) in [4.78, 5) is 0. The summed E-state index contributed by atoms with van der Waals surface area (Å²) in [5.41, 5.74) is 4.09. The maximum Gasteiger partial charge on any atom is 0.127 e. The van der Waals surface area contributed by atoms with Crippen molar-refractivity contribution in [3.63, 3.8) is 0 Å². The Bertz CT molecular complexity index is 460. The number of hydrogen-bond acceptors (Lipinski definition) is 2. The van der Waals surface area contributed by atoms with Crippen LogP contribution < -0.4 is 10.1 Å². The zero-order chi connectivity index (χ0) is 12.8. The molecule has 0 aromatic heterocycles. The molecule has 1 aromatic rings. The van der Waals surface area contributed by atoms with Gasteiger partial charge in [0.1, 0.15) is 11.4 Å². The van der Waals surface area contributed by atoms with Crippen molar-refractivity contribution in [2.75, 3.05) is 7.05 Å². The molecule has 2 aliphatic rings. The summed E-state index contributed by atoms with van der Waals surface area (Å²) in [7, 11) is 2.07. The van der Waals surface area contributed by atoms with Crippen LogP contribution in [0, 0.1) is 13.8 Å². The number of rotatable bonds is 1. The van der Waals surface area contributed by atoms with Crippen molar-refractivity contribution < 1.29 is 4.74 Å². The van der Waals surface area contributed by atoms with Crippen molar-refractivity contribution in [2.45, 2.75) is 57.6 Å². The zero-order valence-electron chi connectivity index (χ0n) is 11.7. The lowest BCUT2D eigenvalue weighted by Crippen LogP contribution is -2.41. The highest BCUT2D eigenvalue weighted by Crippen LogP contribution is 2.48. The lowest BCUT2D eigenvalue weighted by Gasteiger charge is -2.41. The average Bonchev–Trinajstić information content (AvgIpc) is 2.78. The van der Waals surface area contributed by atoms with Crippen molar-refractivity contribution >= 4 is 0 Å². The Hall–Kier alpha value is -1.02. The summed E-state index contributed by atoms with van der Waals surface area (Å²) < 4.78 is 6.46. The number of nitrogens with one attached hydrogen (secondary N) is 1. The Labute approximate surface area is 110 Å². The van der Waals surface area contributed by atoms with Gasteiger partial charge in [-0.15, -0.1) is 0 Å². The highest BCUT2D eigenvalue weighted by atomic mass is 16.5. The van der Waals surface area contributed by atoms with Crippen LogP contribution in [0.1, 0.15) is 54.8 Å². The first-order valence-corrected chi connectivity index (χ1v) is 7.11. The van der Waals surface area contributed by atoms with Gasteiger partial charge in [-0.25, -0.2) is 0 Å². The van der Waals surface area contributed by atoms with Gasteiger partial charge in [-0.3, -0.25) is 0 Å². The summed E-state index contributed by atoms with van der Waals surface area (Å²) in [6, 6.07) is 4.97. The van der Waals surface area contributed by atoms with Crippen LogP contribution in [0.25, 0.3) is 0 Å². The van der Waals surface area contributed by atoms with E-state index in [-0.39, 0.29) is 5.60 Å². The van der Waals surface area contributed by atoms with E-state index in [1.165, 1.54) is 42.4 Å². The number of fused-ring (bicyclic) bond motifs is 1. The summed E-state index contributed by atoms with van der Waals surface area (Å²) in [6.45, 7) is 4.34. The summed E-state index contributed by atoms with van der Waals surface area (Å²) in [6.07, 6.45) is 6.20. The fourth-order valence-corrected chi connectivity index (χ4v) is 3.71. The molecule has 0 amide bonds. The minimum Gasteiger partial charge on any atom is -0.487 e. The zero-order valence-corrected chi connectivity index (χ0v) is 11.7. The molecular formula is C16H23NO. The fraction of sp³-hybridized carbons (Fsp3) is 0.625. The third-order valence-corrected chi connectivity index (χ3v) is 4.58. The van der Waals surface area contributed by atoms with E-state index in [9.17, 15) is 0 Å². The molecule has 3 rings (SSSR count). The second-order valence-electron chi connectivity index (χ2n) is 6.04. The van der Waals surface area contributed by atoms with Crippen LogP contribution in [-0.2, 0) is 0 Å². The van der Waals surface area contributed by atoms with E-state index in [0.29, 0.717) is 6.04 Å². The van der Waals surface area contributed by atoms with Crippen molar-refractivity contribution in [2.24, 2.45) is 0 Å². The molecule has 2 nitrogen and oxygen atoms in total. The van der Waals surface area contributed by atoms with Gasteiger partial charge < -0.3 is 10.1 Å². The second kappa shape index (κ2) is 4.27. The van der Waals surface area contributed by atoms with E-state index in [1.54, 1.807) is 0 Å². The summed E-state index contributed by atoms with van der Waals surface area (Å²) in [5, 5.41) is 3.49. The van der Waals surface area contributed by atoms with Crippen molar-refractivity contribution in [1.82, 2.24) is 5.32 Å². The molecule has 0 bridgehead atoms. The number of benzene rings is 1. The Morgan fingerprint density at radius 3 is 2.61 bits per heavy atom. The lowest BCUT2D eigenvalue weighted by atomic mass is 9.84. The standard InChI is InChI=1S/C16H23NO/c1-11-8-12(2)15-13(9-11)14(17-3)10-16(18-15)6-4-5-7-16/h8-9,14,17H,4-7,10H2,1-3H3. The quantitative estimate of drug-likeness (QED) is 0.815. The predicted molar refractivity (Wildman–Crippen MR) is 74.2 cm³/mol. The van der Waals surface area contributed by atoms with Gasteiger partial charge in [-0.05, 0) is 52.1 Å². The molecule has 1 fully saturated rings. The Morgan fingerprint density at radius 1 is 1.22 bits per heavy atom. The molecule has 1 aliphatic carbocycles. The van der Waals surface area contributed by atoms with Crippen LogP contribution in [0.5, 0.6) is 5.75 Å². The van der Waals surface area contributed by atoms with Crippen LogP contribution in [0.2, 0.25) is 0 Å². The average molecular weight is 245 g/mol. The van der Waals surface area contributed by atoms with E-state index in [2.05, 4.69) is 38.3 Å². The predicted octanol–water partition coefficient (Wildman–Crippen LogP) is 3.66. The minimum absolute atomic E-state index is 0.112. The van der Waals surface area contributed by atoms with Crippen molar-refractivity contribution in [3.8, 4) is 5.75 Å². The van der Waals surface area contributed by atoms with Gasteiger partial charge in [-0.1, -0.05) is 17.7 Å². The fourth-order valence-electron chi connectivity index (χ4n) is 3.71. The molecular weight excluding hydrogens is 222 g/mol. The van der Waals surface area contributed by atoms with Gasteiger partial charge in [0.15, 0.2) is 0 Å². The first kappa shape index (κ1) is 12.0. The molecule has 1 atom stereocenters. The Kier molecular flexibility index (Phi) is 2.86.